The van der Waals surface area contributed by atoms with Crippen LogP contribution in [0.5, 0.6) is 0 Å². The highest BCUT2D eigenvalue weighted by Gasteiger charge is 2.44. The summed E-state index contributed by atoms with van der Waals surface area (Å²) in [6.07, 6.45) is 1.34. The van der Waals surface area contributed by atoms with E-state index in [4.69, 9.17) is 0 Å². The minimum absolute atomic E-state index is 0.581. The Labute approximate surface area is 105 Å². The van der Waals surface area contributed by atoms with Crippen molar-refractivity contribution in [2.45, 2.75) is 13.3 Å². The van der Waals surface area contributed by atoms with Gasteiger partial charge in [0.1, 0.15) is 0 Å². The van der Waals surface area contributed by atoms with E-state index in [0.29, 0.717) is 5.41 Å². The maximum atomic E-state index is 3.60. The van der Waals surface area contributed by atoms with Crippen molar-refractivity contribution < 1.29 is 0 Å². The third kappa shape index (κ3) is 1.66. The van der Waals surface area contributed by atoms with Crippen molar-refractivity contribution in [3.05, 3.63) is 28.2 Å². The lowest BCUT2D eigenvalue weighted by molar-refractivity contribution is 0.243. The molecule has 0 aliphatic carbocycles. The first-order chi connectivity index (χ1) is 7.69. The molecule has 16 heavy (non-hydrogen) atoms. The summed E-state index contributed by atoms with van der Waals surface area (Å²) < 4.78 is 1.22. The largest absolute Gasteiger partial charge is 0.370 e. The van der Waals surface area contributed by atoms with Gasteiger partial charge in [0, 0.05) is 35.2 Å². The van der Waals surface area contributed by atoms with Gasteiger partial charge in [0.2, 0.25) is 0 Å². The SMILES string of the molecule is Cc1ccc(N2CC3(CCNC3)C2)cc1Br. The Morgan fingerprint density at radius 2 is 2.19 bits per heavy atom. The molecule has 2 aliphatic heterocycles. The molecule has 1 N–H and O–H groups in total. The van der Waals surface area contributed by atoms with Gasteiger partial charge in [-0.2, -0.15) is 0 Å². The van der Waals surface area contributed by atoms with Crippen molar-refractivity contribution in [3.8, 4) is 0 Å². The zero-order valence-electron chi connectivity index (χ0n) is 9.59. The highest BCUT2D eigenvalue weighted by atomic mass is 79.9. The van der Waals surface area contributed by atoms with Crippen molar-refractivity contribution in [3.63, 3.8) is 0 Å². The summed E-state index contributed by atoms with van der Waals surface area (Å²) in [6, 6.07) is 6.66. The van der Waals surface area contributed by atoms with E-state index >= 15 is 0 Å². The molecule has 2 nitrogen and oxygen atoms in total. The number of hydrogen-bond donors (Lipinski definition) is 1. The second-order valence-corrected chi connectivity index (χ2v) is 6.07. The predicted molar refractivity (Wildman–Crippen MR) is 71.0 cm³/mol. The van der Waals surface area contributed by atoms with Gasteiger partial charge in [-0.15, -0.1) is 0 Å². The maximum Gasteiger partial charge on any atom is 0.0378 e. The molecule has 0 radical (unpaired) electrons. The number of nitrogens with one attached hydrogen (secondary N) is 1. The summed E-state index contributed by atoms with van der Waals surface area (Å²) in [5.74, 6) is 0. The fourth-order valence-corrected chi connectivity index (χ4v) is 3.16. The molecular formula is C13H17BrN2. The first-order valence-corrected chi connectivity index (χ1v) is 6.70. The van der Waals surface area contributed by atoms with Crippen molar-refractivity contribution in [1.82, 2.24) is 5.32 Å². The summed E-state index contributed by atoms with van der Waals surface area (Å²) >= 11 is 3.60. The van der Waals surface area contributed by atoms with Gasteiger partial charge in [-0.1, -0.05) is 22.0 Å². The van der Waals surface area contributed by atoms with E-state index < -0.39 is 0 Å². The molecule has 2 aliphatic rings. The molecule has 0 saturated carbocycles. The fraction of sp³-hybridized carbons (Fsp3) is 0.538. The smallest absolute Gasteiger partial charge is 0.0378 e. The van der Waals surface area contributed by atoms with E-state index in [0.717, 1.165) is 0 Å². The van der Waals surface area contributed by atoms with Crippen LogP contribution in [0.25, 0.3) is 0 Å². The van der Waals surface area contributed by atoms with Crippen LogP contribution in [0.2, 0.25) is 0 Å². The Morgan fingerprint density at radius 3 is 2.81 bits per heavy atom. The summed E-state index contributed by atoms with van der Waals surface area (Å²) in [5, 5.41) is 3.47. The molecule has 3 heteroatoms. The van der Waals surface area contributed by atoms with Gasteiger partial charge < -0.3 is 10.2 Å². The number of benzene rings is 1. The van der Waals surface area contributed by atoms with Crippen molar-refractivity contribution >= 4 is 21.6 Å². The maximum absolute atomic E-state index is 3.60. The van der Waals surface area contributed by atoms with Gasteiger partial charge in [0.25, 0.3) is 0 Å². The Bertz CT molecular complexity index is 402. The summed E-state index contributed by atoms with van der Waals surface area (Å²) in [5.41, 5.74) is 3.24. The van der Waals surface area contributed by atoms with Gasteiger partial charge in [-0.25, -0.2) is 0 Å². The number of anilines is 1. The quantitative estimate of drug-likeness (QED) is 0.851. The number of nitrogens with zero attached hydrogens (tertiary/aromatic N) is 1. The van der Waals surface area contributed by atoms with Gasteiger partial charge in [-0.3, -0.25) is 0 Å². The first kappa shape index (κ1) is 10.6. The second-order valence-electron chi connectivity index (χ2n) is 5.22. The molecule has 1 aromatic rings. The zero-order chi connectivity index (χ0) is 11.2. The zero-order valence-corrected chi connectivity index (χ0v) is 11.2. The third-order valence-corrected chi connectivity index (χ3v) is 4.76. The van der Waals surface area contributed by atoms with Crippen LogP contribution in [0.4, 0.5) is 5.69 Å². The van der Waals surface area contributed by atoms with E-state index in [1.807, 2.05) is 0 Å². The first-order valence-electron chi connectivity index (χ1n) is 5.90. The molecule has 0 atom stereocenters. The third-order valence-electron chi connectivity index (χ3n) is 3.91. The van der Waals surface area contributed by atoms with Crippen molar-refractivity contribution in [2.75, 3.05) is 31.1 Å². The van der Waals surface area contributed by atoms with Crippen LogP contribution in [0.15, 0.2) is 22.7 Å². The molecule has 2 heterocycles. The lowest BCUT2D eigenvalue weighted by Crippen LogP contribution is -2.57. The highest BCUT2D eigenvalue weighted by Crippen LogP contribution is 2.39. The van der Waals surface area contributed by atoms with Crippen LogP contribution in [0.1, 0.15) is 12.0 Å². The minimum Gasteiger partial charge on any atom is -0.370 e. The van der Waals surface area contributed by atoms with Gasteiger partial charge in [0.15, 0.2) is 0 Å². The molecule has 0 unspecified atom stereocenters. The Hall–Kier alpha value is -0.540. The molecular weight excluding hydrogens is 264 g/mol. The van der Waals surface area contributed by atoms with Crippen LogP contribution >= 0.6 is 15.9 Å². The highest BCUT2D eigenvalue weighted by molar-refractivity contribution is 9.10. The number of aryl methyl sites for hydroxylation is 1. The molecule has 2 fully saturated rings. The molecule has 2 saturated heterocycles. The average Bonchev–Trinajstić information content (AvgIpc) is 2.69. The van der Waals surface area contributed by atoms with E-state index in [9.17, 15) is 0 Å². The number of rotatable bonds is 1. The topological polar surface area (TPSA) is 15.3 Å². The predicted octanol–water partition coefficient (Wildman–Crippen LogP) is 2.56. The fourth-order valence-electron chi connectivity index (χ4n) is 2.79. The summed E-state index contributed by atoms with van der Waals surface area (Å²) in [6.45, 7) is 6.97. The van der Waals surface area contributed by atoms with Crippen LogP contribution in [-0.4, -0.2) is 26.2 Å². The molecule has 0 aromatic heterocycles. The van der Waals surface area contributed by atoms with Gasteiger partial charge in [0.05, 0.1) is 0 Å². The van der Waals surface area contributed by atoms with E-state index in [1.54, 1.807) is 0 Å². The van der Waals surface area contributed by atoms with Crippen LogP contribution in [0.3, 0.4) is 0 Å². The lowest BCUT2D eigenvalue weighted by atomic mass is 9.79. The average molecular weight is 281 g/mol. The Balaban J connectivity index is 1.73. The van der Waals surface area contributed by atoms with Crippen molar-refractivity contribution in [1.29, 1.82) is 0 Å². The second kappa shape index (κ2) is 3.74. The van der Waals surface area contributed by atoms with E-state index in [1.165, 1.54) is 48.3 Å². The van der Waals surface area contributed by atoms with Gasteiger partial charge in [-0.05, 0) is 37.6 Å². The van der Waals surface area contributed by atoms with E-state index in [-0.39, 0.29) is 0 Å². The summed E-state index contributed by atoms with van der Waals surface area (Å²) in [4.78, 5) is 2.48. The summed E-state index contributed by atoms with van der Waals surface area (Å²) in [7, 11) is 0. The Kier molecular flexibility index (Phi) is 2.48. The Morgan fingerprint density at radius 1 is 1.38 bits per heavy atom. The minimum atomic E-state index is 0.581. The molecule has 86 valence electrons. The lowest BCUT2D eigenvalue weighted by Gasteiger charge is -2.49. The molecule has 1 spiro atoms. The number of halogens is 1. The number of hydrogen-bond acceptors (Lipinski definition) is 2. The van der Waals surface area contributed by atoms with Gasteiger partial charge >= 0.3 is 0 Å². The van der Waals surface area contributed by atoms with E-state index in [2.05, 4.69) is 51.3 Å². The molecule has 0 bridgehead atoms. The molecule has 1 aromatic carbocycles. The monoisotopic (exact) mass is 280 g/mol. The molecule has 0 amide bonds. The van der Waals surface area contributed by atoms with Crippen molar-refractivity contribution in [2.24, 2.45) is 5.41 Å². The van der Waals surface area contributed by atoms with Crippen LogP contribution in [0, 0.1) is 12.3 Å². The van der Waals surface area contributed by atoms with Crippen LogP contribution < -0.4 is 10.2 Å². The van der Waals surface area contributed by atoms with Crippen LogP contribution in [-0.2, 0) is 0 Å². The normalized spacial score (nSPS) is 22.5. The molecule has 3 rings (SSSR count). The standard InChI is InChI=1S/C13H17BrN2/c1-10-2-3-11(6-12(10)14)16-8-13(9-16)4-5-15-7-13/h2-3,6,15H,4-5,7-9H2,1H3.